The van der Waals surface area contributed by atoms with Gasteiger partial charge in [0.15, 0.2) is 0 Å². The Morgan fingerprint density at radius 2 is 0.548 bits per heavy atom. The van der Waals surface area contributed by atoms with Crippen LogP contribution < -0.4 is 26.2 Å². The van der Waals surface area contributed by atoms with Crippen LogP contribution in [0.1, 0.15) is 26.3 Å². The molecule has 0 N–H and O–H groups in total. The maximum absolute atomic E-state index is 2.64. The van der Waals surface area contributed by atoms with E-state index in [1.165, 1.54) is 111 Å². The van der Waals surface area contributed by atoms with E-state index in [4.69, 9.17) is 0 Å². The van der Waals surface area contributed by atoms with Crippen molar-refractivity contribution in [1.82, 2.24) is 0 Å². The van der Waals surface area contributed by atoms with E-state index >= 15 is 0 Å². The van der Waals surface area contributed by atoms with Gasteiger partial charge < -0.3 is 9.80 Å². The van der Waals surface area contributed by atoms with Crippen LogP contribution >= 0.6 is 0 Å². The van der Waals surface area contributed by atoms with Gasteiger partial charge in [0, 0.05) is 45.0 Å². The highest BCUT2D eigenvalue weighted by Gasteiger charge is 2.45. The van der Waals surface area contributed by atoms with Crippen LogP contribution in [0.2, 0.25) is 0 Å². The minimum absolute atomic E-state index is 0.0493. The number of benzene rings is 11. The fourth-order valence-corrected chi connectivity index (χ4v) is 11.5. The van der Waals surface area contributed by atoms with E-state index in [1.807, 2.05) is 0 Å². The molecule has 11 aromatic rings. The molecule has 2 heterocycles. The van der Waals surface area contributed by atoms with Gasteiger partial charge >= 0.3 is 0 Å². The Bertz CT molecular complexity index is 3450. The number of hydrogen-bond donors (Lipinski definition) is 0. The lowest BCUT2D eigenvalue weighted by Gasteiger charge is -2.46. The van der Waals surface area contributed by atoms with Crippen molar-refractivity contribution in [3.63, 3.8) is 0 Å². The van der Waals surface area contributed by atoms with Crippen molar-refractivity contribution in [3.8, 4) is 66.8 Å². The zero-order chi connectivity index (χ0) is 49.0. The van der Waals surface area contributed by atoms with Crippen molar-refractivity contribution in [1.29, 1.82) is 0 Å². The zero-order valence-corrected chi connectivity index (χ0v) is 41.4. The second-order valence-corrected chi connectivity index (χ2v) is 20.4. The number of hydrogen-bond acceptors (Lipinski definition) is 2. The zero-order valence-electron chi connectivity index (χ0n) is 41.4. The molecular formula is C70H53BN2. The number of anilines is 6. The standard InChI is InChI=1S/C70H53BN2/c1-70(2,3)56-46-65-67-66(47-56)73(69-59(52-34-18-8-19-35-52)44-55(49-28-12-5-13-29-49)45-60(69)53-36-20-9-21-37-53)64-41-25-23-39-62(64)71(67)61-38-22-24-40-63(61)72(65)68-57(50-30-14-6-15-31-50)42-54(48-26-10-4-11-27-48)43-58(68)51-32-16-7-17-33-51/h4-47H,1-3H3. The Balaban J connectivity index is 1.19. The van der Waals surface area contributed by atoms with Crippen LogP contribution in [0.15, 0.2) is 267 Å². The summed E-state index contributed by atoms with van der Waals surface area (Å²) in [7, 11) is 0. The van der Waals surface area contributed by atoms with E-state index in [2.05, 4.69) is 297 Å². The molecule has 346 valence electrons. The van der Waals surface area contributed by atoms with Gasteiger partial charge in [-0.05, 0) is 120 Å². The fraction of sp³-hybridized carbons (Fsp3) is 0.0571. The van der Waals surface area contributed by atoms with E-state index in [0.29, 0.717) is 0 Å². The summed E-state index contributed by atoms with van der Waals surface area (Å²) in [5.41, 5.74) is 26.0. The first-order valence-corrected chi connectivity index (χ1v) is 25.5. The SMILES string of the molecule is CC(C)(C)c1cc2c3c(c1)N(c1c(-c4ccccc4)cc(-c4ccccc4)cc1-c1ccccc1)c1ccccc1B3c1ccccc1N2c1c(-c2ccccc2)cc(-c2ccccc2)cc1-c1ccccc1. The van der Waals surface area contributed by atoms with E-state index in [1.54, 1.807) is 0 Å². The molecule has 0 aromatic heterocycles. The van der Waals surface area contributed by atoms with Crippen LogP contribution in [0.4, 0.5) is 34.1 Å². The van der Waals surface area contributed by atoms with Crippen molar-refractivity contribution in [3.05, 3.63) is 272 Å². The molecule has 2 nitrogen and oxygen atoms in total. The molecule has 0 aliphatic carbocycles. The average molecular weight is 933 g/mol. The minimum atomic E-state index is -0.213. The van der Waals surface area contributed by atoms with Gasteiger partial charge in [0.05, 0.1) is 11.4 Å². The summed E-state index contributed by atoms with van der Waals surface area (Å²) >= 11 is 0. The fourth-order valence-electron chi connectivity index (χ4n) is 11.5. The van der Waals surface area contributed by atoms with Gasteiger partial charge in [-0.15, -0.1) is 0 Å². The Morgan fingerprint density at radius 1 is 0.274 bits per heavy atom. The van der Waals surface area contributed by atoms with Gasteiger partial charge in [0.25, 0.3) is 6.71 Å². The largest absolute Gasteiger partial charge is 0.310 e. The van der Waals surface area contributed by atoms with Gasteiger partial charge in [-0.2, -0.15) is 0 Å². The number of nitrogens with zero attached hydrogens (tertiary/aromatic N) is 2. The van der Waals surface area contributed by atoms with Crippen LogP contribution in [-0.2, 0) is 5.41 Å². The van der Waals surface area contributed by atoms with Crippen LogP contribution in [0.25, 0.3) is 66.8 Å². The smallest absolute Gasteiger partial charge is 0.252 e. The maximum Gasteiger partial charge on any atom is 0.252 e. The Morgan fingerprint density at radius 3 is 0.849 bits per heavy atom. The van der Waals surface area contributed by atoms with Gasteiger partial charge in [0.2, 0.25) is 0 Å². The molecule has 73 heavy (non-hydrogen) atoms. The third kappa shape index (κ3) is 7.68. The second kappa shape index (κ2) is 18.0. The topological polar surface area (TPSA) is 6.48 Å². The predicted octanol–water partition coefficient (Wildman–Crippen LogP) is 17.1. The van der Waals surface area contributed by atoms with Crippen molar-refractivity contribution in [2.75, 3.05) is 9.80 Å². The van der Waals surface area contributed by atoms with Gasteiger partial charge in [-0.1, -0.05) is 239 Å². The molecule has 0 spiro atoms. The molecule has 0 unspecified atom stereocenters. The molecular weight excluding hydrogens is 880 g/mol. The van der Waals surface area contributed by atoms with E-state index < -0.39 is 0 Å². The van der Waals surface area contributed by atoms with Crippen molar-refractivity contribution in [2.24, 2.45) is 0 Å². The highest BCUT2D eigenvalue weighted by atomic mass is 15.2. The molecule has 0 amide bonds. The second-order valence-electron chi connectivity index (χ2n) is 20.4. The van der Waals surface area contributed by atoms with E-state index in [9.17, 15) is 0 Å². The van der Waals surface area contributed by atoms with Crippen molar-refractivity contribution in [2.45, 2.75) is 26.2 Å². The third-order valence-electron chi connectivity index (χ3n) is 15.0. The first kappa shape index (κ1) is 44.1. The molecule has 2 aliphatic heterocycles. The molecule has 13 rings (SSSR count). The van der Waals surface area contributed by atoms with Crippen molar-refractivity contribution < 1.29 is 0 Å². The molecule has 0 saturated heterocycles. The first-order chi connectivity index (χ1) is 35.9. The number of fused-ring (bicyclic) bond motifs is 4. The normalized spacial score (nSPS) is 12.5. The lowest BCUT2D eigenvalue weighted by molar-refractivity contribution is 0.590. The summed E-state index contributed by atoms with van der Waals surface area (Å²) in [6.45, 7) is 7.03. The highest BCUT2D eigenvalue weighted by Crippen LogP contribution is 2.54. The molecule has 11 aromatic carbocycles. The monoisotopic (exact) mass is 932 g/mol. The summed E-state index contributed by atoms with van der Waals surface area (Å²) in [6, 6.07) is 98.9. The Hall–Kier alpha value is -8.92. The summed E-state index contributed by atoms with van der Waals surface area (Å²) in [6.07, 6.45) is 0. The lowest BCUT2D eigenvalue weighted by Crippen LogP contribution is -2.61. The first-order valence-electron chi connectivity index (χ1n) is 25.5. The Kier molecular flexibility index (Phi) is 10.9. The molecule has 0 radical (unpaired) electrons. The van der Waals surface area contributed by atoms with Crippen LogP contribution in [0.3, 0.4) is 0 Å². The summed E-state index contributed by atoms with van der Waals surface area (Å²) in [5.74, 6) is 0. The number of rotatable bonds is 8. The molecule has 0 bridgehead atoms. The summed E-state index contributed by atoms with van der Waals surface area (Å²) in [4.78, 5) is 5.28. The molecule has 2 aliphatic rings. The van der Waals surface area contributed by atoms with E-state index in [-0.39, 0.29) is 12.1 Å². The number of para-hydroxylation sites is 2. The van der Waals surface area contributed by atoms with Crippen LogP contribution in [-0.4, -0.2) is 6.71 Å². The highest BCUT2D eigenvalue weighted by molar-refractivity contribution is 7.00. The molecule has 0 atom stereocenters. The summed E-state index contributed by atoms with van der Waals surface area (Å²) < 4.78 is 0. The minimum Gasteiger partial charge on any atom is -0.310 e. The van der Waals surface area contributed by atoms with Gasteiger partial charge in [-0.3, -0.25) is 0 Å². The van der Waals surface area contributed by atoms with Crippen LogP contribution in [0.5, 0.6) is 0 Å². The van der Waals surface area contributed by atoms with Crippen LogP contribution in [0, 0.1) is 0 Å². The predicted molar refractivity (Wildman–Crippen MR) is 312 cm³/mol. The van der Waals surface area contributed by atoms with Crippen molar-refractivity contribution >= 4 is 57.2 Å². The molecule has 0 saturated carbocycles. The molecule has 0 fully saturated rings. The maximum atomic E-state index is 2.64. The van der Waals surface area contributed by atoms with Gasteiger partial charge in [0.1, 0.15) is 0 Å². The van der Waals surface area contributed by atoms with E-state index in [0.717, 1.165) is 11.4 Å². The average Bonchev–Trinajstić information content (AvgIpc) is 3.46. The van der Waals surface area contributed by atoms with Gasteiger partial charge in [-0.25, -0.2) is 0 Å². The summed E-state index contributed by atoms with van der Waals surface area (Å²) in [5, 5.41) is 0. The molecule has 3 heteroatoms. The quantitative estimate of drug-likeness (QED) is 0.140. The third-order valence-corrected chi connectivity index (χ3v) is 15.0. The Labute approximate surface area is 430 Å². The lowest BCUT2D eigenvalue weighted by atomic mass is 9.33.